The molecule has 4 nitrogen and oxygen atoms in total. The Bertz CT molecular complexity index is 691. The molecule has 5 fully saturated rings. The number of pyridine rings is 1. The van der Waals surface area contributed by atoms with E-state index in [1.165, 1.54) is 19.3 Å². The van der Waals surface area contributed by atoms with E-state index in [1.54, 1.807) is 0 Å². The molecule has 0 aromatic carbocycles. The molecule has 1 aromatic rings. The minimum Gasteiger partial charge on any atom is -0.334 e. The molecular weight excluding hydrogens is 322 g/mol. The lowest BCUT2D eigenvalue weighted by molar-refractivity contribution is -0.364. The van der Waals surface area contributed by atoms with Crippen molar-refractivity contribution in [2.24, 2.45) is 22.2 Å². The average molecular weight is 355 g/mol. The molecule has 1 aromatic heterocycles. The Morgan fingerprint density at radius 2 is 1.69 bits per heavy atom. The molecule has 2 unspecified atom stereocenters. The fourth-order valence-electron chi connectivity index (χ4n) is 7.75. The lowest BCUT2D eigenvalue weighted by Crippen LogP contribution is -2.62. The summed E-state index contributed by atoms with van der Waals surface area (Å²) in [6, 6.07) is 6.20. The predicted octanol–water partition coefficient (Wildman–Crippen LogP) is 3.15. The molecule has 1 aliphatic heterocycles. The molecule has 4 heteroatoms. The number of aromatic amines is 1. The van der Waals surface area contributed by atoms with Crippen LogP contribution in [0.4, 0.5) is 5.82 Å². The summed E-state index contributed by atoms with van der Waals surface area (Å²) in [4.78, 5) is 21.6. The third kappa shape index (κ3) is 2.56. The van der Waals surface area contributed by atoms with Gasteiger partial charge in [0.15, 0.2) is 0 Å². The summed E-state index contributed by atoms with van der Waals surface area (Å²) < 4.78 is 0. The van der Waals surface area contributed by atoms with Crippen molar-refractivity contribution in [3.8, 4) is 0 Å². The fraction of sp³-hybridized carbons (Fsp3) is 0.727. The molecule has 4 atom stereocenters. The van der Waals surface area contributed by atoms with Crippen LogP contribution in [0.5, 0.6) is 0 Å². The Kier molecular flexibility index (Phi) is 3.48. The van der Waals surface area contributed by atoms with Crippen LogP contribution in [-0.2, 0) is 4.79 Å². The first-order chi connectivity index (χ1) is 12.4. The normalized spacial score (nSPS) is 41.5. The van der Waals surface area contributed by atoms with E-state index in [9.17, 15) is 4.79 Å². The number of rotatable bonds is 2. The van der Waals surface area contributed by atoms with Gasteiger partial charge in [0.1, 0.15) is 13.1 Å². The monoisotopic (exact) mass is 354 g/mol. The summed E-state index contributed by atoms with van der Waals surface area (Å²) >= 11 is 0. The predicted molar refractivity (Wildman–Crippen MR) is 102 cm³/mol. The second-order valence-electron chi connectivity index (χ2n) is 10.4. The van der Waals surface area contributed by atoms with E-state index >= 15 is 0 Å². The Labute approximate surface area is 157 Å². The van der Waals surface area contributed by atoms with Crippen LogP contribution in [0.3, 0.4) is 0 Å². The van der Waals surface area contributed by atoms with Gasteiger partial charge >= 0.3 is 0 Å². The summed E-state index contributed by atoms with van der Waals surface area (Å²) in [5, 5.41) is 0. The number of carbonyl (C=O) groups excluding carboxylic acids is 1. The Morgan fingerprint density at radius 3 is 2.27 bits per heavy atom. The average Bonchev–Trinajstić information content (AvgIpc) is 2.59. The molecule has 0 radical (unpaired) electrons. The van der Waals surface area contributed by atoms with Crippen LogP contribution in [0.25, 0.3) is 0 Å². The van der Waals surface area contributed by atoms with Gasteiger partial charge in [-0.3, -0.25) is 9.69 Å². The molecule has 5 aliphatic rings. The number of piperazine rings is 1. The topological polar surface area (TPSA) is 37.7 Å². The first-order valence-corrected chi connectivity index (χ1v) is 10.4. The van der Waals surface area contributed by atoms with Crippen LogP contribution in [-0.4, -0.2) is 37.0 Å². The molecule has 1 amide bonds. The van der Waals surface area contributed by atoms with E-state index in [1.807, 2.05) is 12.3 Å². The highest BCUT2D eigenvalue weighted by Gasteiger charge is 2.63. The summed E-state index contributed by atoms with van der Waals surface area (Å²) in [6.07, 6.45) is 9.45. The van der Waals surface area contributed by atoms with Crippen molar-refractivity contribution in [1.29, 1.82) is 0 Å². The van der Waals surface area contributed by atoms with Gasteiger partial charge < -0.3 is 4.90 Å². The van der Waals surface area contributed by atoms with Gasteiger partial charge in [0.2, 0.25) is 5.91 Å². The van der Waals surface area contributed by atoms with Gasteiger partial charge in [-0.1, -0.05) is 19.9 Å². The maximum absolute atomic E-state index is 13.7. The van der Waals surface area contributed by atoms with Crippen molar-refractivity contribution in [2.45, 2.75) is 52.4 Å². The van der Waals surface area contributed by atoms with Gasteiger partial charge in [-0.25, -0.2) is 4.98 Å². The quantitative estimate of drug-likeness (QED) is 0.818. The Balaban J connectivity index is 1.32. The van der Waals surface area contributed by atoms with Gasteiger partial charge in [-0.05, 0) is 61.3 Å². The molecule has 6 rings (SSSR count). The molecule has 4 saturated carbocycles. The van der Waals surface area contributed by atoms with Crippen molar-refractivity contribution in [3.63, 3.8) is 0 Å². The number of aromatic nitrogens is 1. The van der Waals surface area contributed by atoms with Crippen LogP contribution in [0, 0.1) is 22.2 Å². The van der Waals surface area contributed by atoms with Crippen LogP contribution >= 0.6 is 0 Å². The molecule has 4 aliphatic carbocycles. The van der Waals surface area contributed by atoms with E-state index in [4.69, 9.17) is 0 Å². The van der Waals surface area contributed by atoms with E-state index < -0.39 is 0 Å². The molecule has 0 spiro atoms. The maximum Gasteiger partial charge on any atom is 0.274 e. The van der Waals surface area contributed by atoms with Gasteiger partial charge in [0.05, 0.1) is 24.7 Å². The second-order valence-corrected chi connectivity index (χ2v) is 10.4. The summed E-state index contributed by atoms with van der Waals surface area (Å²) in [5.41, 5.74) is 0.763. The highest BCUT2D eigenvalue weighted by Crippen LogP contribution is 2.69. The minimum atomic E-state index is -0.0516. The lowest BCUT2D eigenvalue weighted by atomic mass is 9.40. The number of H-pyrrole nitrogens is 1. The fourth-order valence-corrected chi connectivity index (χ4v) is 7.75. The smallest absolute Gasteiger partial charge is 0.274 e. The van der Waals surface area contributed by atoms with E-state index in [-0.39, 0.29) is 5.41 Å². The van der Waals surface area contributed by atoms with Crippen LogP contribution < -0.4 is 9.88 Å². The zero-order valence-corrected chi connectivity index (χ0v) is 16.3. The Morgan fingerprint density at radius 1 is 1.00 bits per heavy atom. The SMILES string of the molecule is C[C@]12CC3CC(C(=O)N4CCN(c5cccc[nH+]5)CC4)(C1)C[C@@](C)(C3)C2. The van der Waals surface area contributed by atoms with E-state index in [2.05, 4.69) is 40.8 Å². The first-order valence-electron chi connectivity index (χ1n) is 10.4. The number of anilines is 1. The number of nitrogens with zero attached hydrogens (tertiary/aromatic N) is 2. The van der Waals surface area contributed by atoms with Crippen molar-refractivity contribution >= 4 is 11.7 Å². The van der Waals surface area contributed by atoms with Crippen molar-refractivity contribution < 1.29 is 9.78 Å². The minimum absolute atomic E-state index is 0.0516. The highest BCUT2D eigenvalue weighted by atomic mass is 16.2. The van der Waals surface area contributed by atoms with E-state index in [0.29, 0.717) is 16.7 Å². The second kappa shape index (κ2) is 5.46. The Hall–Kier alpha value is -1.58. The van der Waals surface area contributed by atoms with Crippen LogP contribution in [0.2, 0.25) is 0 Å². The maximum atomic E-state index is 13.7. The first kappa shape index (κ1) is 16.6. The van der Waals surface area contributed by atoms with Crippen molar-refractivity contribution in [1.82, 2.24) is 4.90 Å². The summed E-state index contributed by atoms with van der Waals surface area (Å²) in [7, 11) is 0. The summed E-state index contributed by atoms with van der Waals surface area (Å²) in [5.74, 6) is 2.43. The summed E-state index contributed by atoms with van der Waals surface area (Å²) in [6.45, 7) is 8.51. The number of carbonyl (C=O) groups is 1. The van der Waals surface area contributed by atoms with Gasteiger partial charge in [-0.15, -0.1) is 0 Å². The van der Waals surface area contributed by atoms with Crippen LogP contribution in [0.1, 0.15) is 52.4 Å². The number of hydrogen-bond acceptors (Lipinski definition) is 2. The largest absolute Gasteiger partial charge is 0.334 e. The number of amides is 1. The third-order valence-electron chi connectivity index (χ3n) is 7.68. The highest BCUT2D eigenvalue weighted by molar-refractivity contribution is 5.84. The number of nitrogens with one attached hydrogen (secondary N) is 1. The van der Waals surface area contributed by atoms with Gasteiger partial charge in [0.25, 0.3) is 5.82 Å². The van der Waals surface area contributed by atoms with Crippen molar-refractivity contribution in [2.75, 3.05) is 31.1 Å². The molecular formula is C22H32N3O+. The molecule has 1 saturated heterocycles. The zero-order valence-electron chi connectivity index (χ0n) is 16.3. The number of hydrogen-bond donors (Lipinski definition) is 0. The van der Waals surface area contributed by atoms with Gasteiger partial charge in [0, 0.05) is 6.07 Å². The zero-order chi connectivity index (χ0) is 18.0. The lowest BCUT2D eigenvalue weighted by Gasteiger charge is -2.65. The molecule has 26 heavy (non-hydrogen) atoms. The standard InChI is InChI=1S/C22H31N3O/c1-20-11-17-12-21(2,14-20)16-22(13-17,15-20)19(26)25-9-7-24(8-10-25)18-5-3-4-6-23-18/h3-6,17H,7-16H2,1-2H3/p+1/t17?,20-,21+,22?. The third-order valence-corrected chi connectivity index (χ3v) is 7.68. The molecule has 2 heterocycles. The molecule has 4 bridgehead atoms. The van der Waals surface area contributed by atoms with Gasteiger partial charge in [-0.2, -0.15) is 0 Å². The van der Waals surface area contributed by atoms with E-state index in [0.717, 1.165) is 57.2 Å². The molecule has 1 N–H and O–H groups in total. The van der Waals surface area contributed by atoms with Crippen molar-refractivity contribution in [3.05, 3.63) is 24.4 Å². The van der Waals surface area contributed by atoms with Crippen LogP contribution in [0.15, 0.2) is 24.4 Å². The molecule has 140 valence electrons.